The van der Waals surface area contributed by atoms with E-state index in [-0.39, 0.29) is 12.5 Å². The molecule has 1 amide bonds. The van der Waals surface area contributed by atoms with Crippen molar-refractivity contribution in [3.05, 3.63) is 47.5 Å². The molecule has 0 heterocycles. The highest BCUT2D eigenvalue weighted by Gasteiger charge is 2.13. The van der Waals surface area contributed by atoms with Gasteiger partial charge in [-0.05, 0) is 49.0 Å². The topological polar surface area (TPSA) is 95.6 Å². The molecule has 34 heavy (non-hydrogen) atoms. The zero-order valence-electron chi connectivity index (χ0n) is 20.5. The highest BCUT2D eigenvalue weighted by molar-refractivity contribution is 5.94. The van der Waals surface area contributed by atoms with Gasteiger partial charge in [-0.25, -0.2) is 4.79 Å². The molecule has 0 aliphatic carbocycles. The van der Waals surface area contributed by atoms with Crippen molar-refractivity contribution in [3.8, 4) is 23.0 Å². The van der Waals surface area contributed by atoms with E-state index in [2.05, 4.69) is 28.8 Å². The number of carbonyl (C=O) groups is 2. The van der Waals surface area contributed by atoms with E-state index in [9.17, 15) is 9.59 Å². The second-order valence-electron chi connectivity index (χ2n) is 7.27. The SMILES string of the molecule is CCN(CC)CCOc1ccc(CNC(=O)c2ccc(OCC(=O)OC)c(OC)c2)cc1OC. The van der Waals surface area contributed by atoms with Gasteiger partial charge in [0.2, 0.25) is 0 Å². The molecule has 9 nitrogen and oxygen atoms in total. The third-order valence-electron chi connectivity index (χ3n) is 5.24. The van der Waals surface area contributed by atoms with Crippen LogP contribution in [-0.4, -0.2) is 71.0 Å². The van der Waals surface area contributed by atoms with Gasteiger partial charge in [0.25, 0.3) is 5.91 Å². The van der Waals surface area contributed by atoms with E-state index in [1.54, 1.807) is 25.3 Å². The van der Waals surface area contributed by atoms with Crippen LogP contribution in [0.5, 0.6) is 23.0 Å². The number of hydrogen-bond donors (Lipinski definition) is 1. The molecule has 0 bridgehead atoms. The van der Waals surface area contributed by atoms with E-state index in [0.29, 0.717) is 41.7 Å². The van der Waals surface area contributed by atoms with E-state index in [0.717, 1.165) is 25.2 Å². The Morgan fingerprint density at radius 3 is 2.15 bits per heavy atom. The third kappa shape index (κ3) is 7.84. The zero-order chi connectivity index (χ0) is 24.9. The van der Waals surface area contributed by atoms with Gasteiger partial charge in [0.05, 0.1) is 21.3 Å². The number of methoxy groups -OCH3 is 3. The molecule has 0 spiro atoms. The van der Waals surface area contributed by atoms with Crippen molar-refractivity contribution in [2.45, 2.75) is 20.4 Å². The van der Waals surface area contributed by atoms with Crippen LogP contribution >= 0.6 is 0 Å². The quantitative estimate of drug-likeness (QED) is 0.418. The molecule has 2 aromatic rings. The van der Waals surface area contributed by atoms with Crippen molar-refractivity contribution in [1.29, 1.82) is 0 Å². The Morgan fingerprint density at radius 2 is 1.50 bits per heavy atom. The number of nitrogens with zero attached hydrogens (tertiary/aromatic N) is 1. The Hall–Kier alpha value is -3.46. The van der Waals surface area contributed by atoms with E-state index < -0.39 is 5.97 Å². The molecule has 0 radical (unpaired) electrons. The minimum Gasteiger partial charge on any atom is -0.493 e. The van der Waals surface area contributed by atoms with Crippen molar-refractivity contribution in [2.24, 2.45) is 0 Å². The Bertz CT molecular complexity index is 945. The first-order chi connectivity index (χ1) is 16.4. The molecule has 0 aliphatic rings. The molecule has 9 heteroatoms. The molecule has 0 aliphatic heterocycles. The largest absolute Gasteiger partial charge is 0.493 e. The maximum Gasteiger partial charge on any atom is 0.343 e. The third-order valence-corrected chi connectivity index (χ3v) is 5.24. The van der Waals surface area contributed by atoms with Crippen LogP contribution in [-0.2, 0) is 16.1 Å². The van der Waals surface area contributed by atoms with Crippen LogP contribution < -0.4 is 24.3 Å². The first kappa shape index (κ1) is 26.8. The average molecular weight is 475 g/mol. The number of amides is 1. The number of carbonyl (C=O) groups excluding carboxylic acids is 2. The molecular weight excluding hydrogens is 440 g/mol. The Balaban J connectivity index is 1.97. The first-order valence-electron chi connectivity index (χ1n) is 11.1. The molecule has 0 aromatic heterocycles. The number of likely N-dealkylation sites (N-methyl/N-ethyl adjacent to an activating group) is 1. The van der Waals surface area contributed by atoms with Crippen molar-refractivity contribution < 1.29 is 33.3 Å². The van der Waals surface area contributed by atoms with Gasteiger partial charge < -0.3 is 33.9 Å². The Kier molecular flexibility index (Phi) is 11.0. The molecule has 2 rings (SSSR count). The lowest BCUT2D eigenvalue weighted by Gasteiger charge is -2.19. The highest BCUT2D eigenvalue weighted by Crippen LogP contribution is 2.29. The van der Waals surface area contributed by atoms with Crippen LogP contribution in [0.15, 0.2) is 36.4 Å². The monoisotopic (exact) mass is 474 g/mol. The summed E-state index contributed by atoms with van der Waals surface area (Å²) in [7, 11) is 4.32. The second kappa shape index (κ2) is 13.9. The van der Waals surface area contributed by atoms with E-state index in [4.69, 9.17) is 18.9 Å². The molecule has 2 aromatic carbocycles. The molecule has 186 valence electrons. The Morgan fingerprint density at radius 1 is 0.853 bits per heavy atom. The fraction of sp³-hybridized carbons (Fsp3) is 0.440. The predicted molar refractivity (Wildman–Crippen MR) is 128 cm³/mol. The van der Waals surface area contributed by atoms with Crippen LogP contribution in [0.4, 0.5) is 0 Å². The number of ether oxygens (including phenoxy) is 5. The van der Waals surface area contributed by atoms with Crippen molar-refractivity contribution in [3.63, 3.8) is 0 Å². The van der Waals surface area contributed by atoms with Gasteiger partial charge in [-0.15, -0.1) is 0 Å². The number of benzene rings is 2. The normalized spacial score (nSPS) is 10.5. The number of nitrogens with one attached hydrogen (secondary N) is 1. The van der Waals surface area contributed by atoms with Crippen LogP contribution in [0.2, 0.25) is 0 Å². The highest BCUT2D eigenvalue weighted by atomic mass is 16.6. The van der Waals surface area contributed by atoms with Gasteiger partial charge in [0, 0.05) is 18.7 Å². The number of hydrogen-bond acceptors (Lipinski definition) is 8. The summed E-state index contributed by atoms with van der Waals surface area (Å²) in [6.07, 6.45) is 0. The molecular formula is C25H34N2O7. The summed E-state index contributed by atoms with van der Waals surface area (Å²) in [6, 6.07) is 10.3. The lowest BCUT2D eigenvalue weighted by Crippen LogP contribution is -2.28. The number of esters is 1. The smallest absolute Gasteiger partial charge is 0.343 e. The molecule has 0 atom stereocenters. The molecule has 0 saturated carbocycles. The second-order valence-corrected chi connectivity index (χ2v) is 7.27. The fourth-order valence-corrected chi connectivity index (χ4v) is 3.17. The van der Waals surface area contributed by atoms with Gasteiger partial charge in [0.1, 0.15) is 6.61 Å². The lowest BCUT2D eigenvalue weighted by molar-refractivity contribution is -0.142. The standard InChI is InChI=1S/C25H34N2O7/c1-6-27(7-2)12-13-33-20-10-8-18(14-22(20)30-3)16-26-25(29)19-9-11-21(23(15-19)31-4)34-17-24(28)32-5/h8-11,14-15H,6-7,12-13,16-17H2,1-5H3,(H,26,29). The van der Waals surface area contributed by atoms with E-state index >= 15 is 0 Å². The van der Waals surface area contributed by atoms with Crippen LogP contribution in [0, 0.1) is 0 Å². The summed E-state index contributed by atoms with van der Waals surface area (Å²) in [5, 5.41) is 2.88. The van der Waals surface area contributed by atoms with Gasteiger partial charge in [-0.3, -0.25) is 4.79 Å². The maximum atomic E-state index is 12.7. The van der Waals surface area contributed by atoms with Gasteiger partial charge in [-0.2, -0.15) is 0 Å². The summed E-state index contributed by atoms with van der Waals surface area (Å²) in [5.41, 5.74) is 1.26. The van der Waals surface area contributed by atoms with Crippen LogP contribution in [0.3, 0.4) is 0 Å². The summed E-state index contributed by atoms with van der Waals surface area (Å²) in [5.74, 6) is 1.16. The maximum absolute atomic E-state index is 12.7. The van der Waals surface area contributed by atoms with Crippen molar-refractivity contribution in [1.82, 2.24) is 10.2 Å². The summed E-state index contributed by atoms with van der Waals surface area (Å²) < 4.78 is 26.6. The van der Waals surface area contributed by atoms with Gasteiger partial charge in [0.15, 0.2) is 29.6 Å². The summed E-state index contributed by atoms with van der Waals surface area (Å²) in [4.78, 5) is 26.2. The zero-order valence-corrected chi connectivity index (χ0v) is 20.5. The lowest BCUT2D eigenvalue weighted by atomic mass is 10.1. The molecule has 1 N–H and O–H groups in total. The van der Waals surface area contributed by atoms with Gasteiger partial charge in [-0.1, -0.05) is 19.9 Å². The van der Waals surface area contributed by atoms with Gasteiger partial charge >= 0.3 is 5.97 Å². The van der Waals surface area contributed by atoms with E-state index in [1.165, 1.54) is 14.2 Å². The predicted octanol–water partition coefficient (Wildman–Crippen LogP) is 2.91. The summed E-state index contributed by atoms with van der Waals surface area (Å²) >= 11 is 0. The number of rotatable bonds is 14. The summed E-state index contributed by atoms with van der Waals surface area (Å²) in [6.45, 7) is 7.65. The Labute approximate surface area is 200 Å². The van der Waals surface area contributed by atoms with Crippen LogP contribution in [0.25, 0.3) is 0 Å². The fourth-order valence-electron chi connectivity index (χ4n) is 3.17. The minimum atomic E-state index is -0.514. The average Bonchev–Trinajstić information content (AvgIpc) is 2.88. The van der Waals surface area contributed by atoms with E-state index in [1.807, 2.05) is 18.2 Å². The first-order valence-corrected chi connectivity index (χ1v) is 11.1. The van der Waals surface area contributed by atoms with Crippen molar-refractivity contribution in [2.75, 3.05) is 54.2 Å². The minimum absolute atomic E-state index is 0.255. The van der Waals surface area contributed by atoms with Crippen molar-refractivity contribution >= 4 is 11.9 Å². The molecule has 0 unspecified atom stereocenters. The van der Waals surface area contributed by atoms with Crippen LogP contribution in [0.1, 0.15) is 29.8 Å². The molecule has 0 saturated heterocycles. The molecule has 0 fully saturated rings.